The summed E-state index contributed by atoms with van der Waals surface area (Å²) < 4.78 is 23.1. The Hall–Kier alpha value is -1.64. The van der Waals surface area contributed by atoms with Crippen LogP contribution in [0.2, 0.25) is 0 Å². The van der Waals surface area contributed by atoms with Crippen molar-refractivity contribution in [3.05, 3.63) is 35.6 Å². The number of rotatable bonds is 9. The Morgan fingerprint density at radius 1 is 1.33 bits per heavy atom. The zero-order valence-electron chi connectivity index (χ0n) is 16.0. The molecule has 1 aliphatic heterocycles. The van der Waals surface area contributed by atoms with E-state index in [0.29, 0.717) is 26.1 Å². The number of carbonyl (C=O) groups is 2. The van der Waals surface area contributed by atoms with Crippen LogP contribution >= 0.6 is 11.8 Å². The molecule has 6 nitrogen and oxygen atoms in total. The van der Waals surface area contributed by atoms with Gasteiger partial charge in [0.05, 0.1) is 13.7 Å². The van der Waals surface area contributed by atoms with E-state index < -0.39 is 6.04 Å². The molecule has 1 heterocycles. The molecule has 0 saturated carbocycles. The summed E-state index contributed by atoms with van der Waals surface area (Å²) in [5, 5.41) is -0.132. The summed E-state index contributed by atoms with van der Waals surface area (Å²) in [6.45, 7) is 3.60. The van der Waals surface area contributed by atoms with Gasteiger partial charge >= 0.3 is 5.97 Å². The van der Waals surface area contributed by atoms with E-state index in [1.807, 2.05) is 4.90 Å². The zero-order chi connectivity index (χ0) is 19.8. The maximum atomic E-state index is 13.2. The van der Waals surface area contributed by atoms with E-state index in [1.54, 1.807) is 42.8 Å². The van der Waals surface area contributed by atoms with Crippen LogP contribution in [-0.4, -0.2) is 73.9 Å². The summed E-state index contributed by atoms with van der Waals surface area (Å²) in [6.07, 6.45) is 0.710. The largest absolute Gasteiger partial charge is 0.468 e. The number of hydrogen-bond acceptors (Lipinski definition) is 6. The minimum Gasteiger partial charge on any atom is -0.468 e. The number of methoxy groups -OCH3 is 2. The van der Waals surface area contributed by atoms with Crippen molar-refractivity contribution in [2.24, 2.45) is 0 Å². The molecule has 1 saturated heterocycles. The number of esters is 1. The molecule has 1 aromatic carbocycles. The van der Waals surface area contributed by atoms with Gasteiger partial charge in [-0.3, -0.25) is 14.5 Å². The van der Waals surface area contributed by atoms with Crippen molar-refractivity contribution >= 4 is 23.6 Å². The molecule has 0 unspecified atom stereocenters. The van der Waals surface area contributed by atoms with Crippen LogP contribution in [0.15, 0.2) is 24.3 Å². The van der Waals surface area contributed by atoms with Gasteiger partial charge in [-0.2, -0.15) is 0 Å². The first-order valence-electron chi connectivity index (χ1n) is 8.95. The molecule has 0 aromatic heterocycles. The number of nitrogens with zero attached hydrogens (tertiary/aromatic N) is 2. The SMILES string of the molecule is COCCCN(CC(=O)N1CCS[C@@H]1c1ccc(F)cc1)[C@H](C)C(=O)OC. The van der Waals surface area contributed by atoms with E-state index in [9.17, 15) is 14.0 Å². The highest BCUT2D eigenvalue weighted by molar-refractivity contribution is 7.99. The molecule has 1 aliphatic rings. The Morgan fingerprint density at radius 3 is 2.67 bits per heavy atom. The van der Waals surface area contributed by atoms with Gasteiger partial charge in [-0.1, -0.05) is 12.1 Å². The quantitative estimate of drug-likeness (QED) is 0.470. The normalized spacial score (nSPS) is 18.0. The topological polar surface area (TPSA) is 59.1 Å². The molecule has 2 rings (SSSR count). The maximum Gasteiger partial charge on any atom is 0.322 e. The van der Waals surface area contributed by atoms with E-state index in [0.717, 1.165) is 11.3 Å². The number of amides is 1. The average molecular weight is 399 g/mol. The standard InChI is InChI=1S/C19H27FN2O4S/c1-14(19(24)26-3)21(9-4-11-25-2)13-17(23)22-10-12-27-18(22)15-5-7-16(20)8-6-15/h5-8,14,18H,4,9-13H2,1-3H3/t14-,18-/m1/s1. The molecule has 2 atom stereocenters. The second-order valence-corrected chi connectivity index (χ2v) is 7.57. The van der Waals surface area contributed by atoms with Crippen molar-refractivity contribution < 1.29 is 23.5 Å². The van der Waals surface area contributed by atoms with Gasteiger partial charge < -0.3 is 14.4 Å². The molecular formula is C19H27FN2O4S. The van der Waals surface area contributed by atoms with Gasteiger partial charge in [0, 0.05) is 32.6 Å². The van der Waals surface area contributed by atoms with Crippen LogP contribution in [0.25, 0.3) is 0 Å². The third kappa shape index (κ3) is 5.92. The number of ether oxygens (including phenoxy) is 2. The second kappa shape index (κ2) is 10.6. The zero-order valence-corrected chi connectivity index (χ0v) is 16.8. The molecule has 1 aromatic rings. The lowest BCUT2D eigenvalue weighted by Gasteiger charge is -2.30. The fraction of sp³-hybridized carbons (Fsp3) is 0.579. The summed E-state index contributed by atoms with van der Waals surface area (Å²) in [5.41, 5.74) is 0.902. The van der Waals surface area contributed by atoms with Crippen LogP contribution in [0.3, 0.4) is 0 Å². The molecule has 150 valence electrons. The number of benzene rings is 1. The van der Waals surface area contributed by atoms with Gasteiger partial charge in [0.25, 0.3) is 0 Å². The molecule has 27 heavy (non-hydrogen) atoms. The molecule has 0 bridgehead atoms. The summed E-state index contributed by atoms with van der Waals surface area (Å²) >= 11 is 1.66. The maximum absolute atomic E-state index is 13.2. The molecular weight excluding hydrogens is 371 g/mol. The highest BCUT2D eigenvalue weighted by Crippen LogP contribution is 2.37. The van der Waals surface area contributed by atoms with Crippen LogP contribution in [0, 0.1) is 5.82 Å². The Balaban J connectivity index is 2.07. The number of thioether (sulfide) groups is 1. The first-order valence-corrected chi connectivity index (χ1v) is 10.00. The summed E-state index contributed by atoms with van der Waals surface area (Å²) in [7, 11) is 2.96. The van der Waals surface area contributed by atoms with Crippen molar-refractivity contribution in [2.75, 3.05) is 46.2 Å². The molecule has 1 fully saturated rings. The van der Waals surface area contributed by atoms with Gasteiger partial charge in [-0.05, 0) is 31.0 Å². The van der Waals surface area contributed by atoms with Crippen LogP contribution in [0.5, 0.6) is 0 Å². The van der Waals surface area contributed by atoms with Crippen molar-refractivity contribution in [2.45, 2.75) is 24.8 Å². The molecule has 0 N–H and O–H groups in total. The minimum atomic E-state index is -0.518. The van der Waals surface area contributed by atoms with Gasteiger partial charge in [-0.15, -0.1) is 11.8 Å². The Bertz CT molecular complexity index is 629. The van der Waals surface area contributed by atoms with Gasteiger partial charge in [-0.25, -0.2) is 4.39 Å². The first kappa shape index (κ1) is 21.7. The number of carbonyl (C=O) groups excluding carboxylic acids is 2. The third-order valence-electron chi connectivity index (χ3n) is 4.59. The van der Waals surface area contributed by atoms with Crippen LogP contribution in [-0.2, 0) is 19.1 Å². The molecule has 0 spiro atoms. The Kier molecular flexibility index (Phi) is 8.53. The van der Waals surface area contributed by atoms with Crippen molar-refractivity contribution in [3.8, 4) is 0 Å². The summed E-state index contributed by atoms with van der Waals surface area (Å²) in [6, 6.07) is 5.73. The lowest BCUT2D eigenvalue weighted by atomic mass is 10.2. The van der Waals surface area contributed by atoms with Crippen LogP contribution in [0.1, 0.15) is 24.3 Å². The lowest BCUT2D eigenvalue weighted by molar-refractivity contribution is -0.147. The van der Waals surface area contributed by atoms with Crippen molar-refractivity contribution in [1.82, 2.24) is 9.80 Å². The van der Waals surface area contributed by atoms with Crippen molar-refractivity contribution in [3.63, 3.8) is 0 Å². The van der Waals surface area contributed by atoms with E-state index in [4.69, 9.17) is 9.47 Å². The molecule has 8 heteroatoms. The Labute approximate surface area is 164 Å². The third-order valence-corrected chi connectivity index (χ3v) is 5.85. The fourth-order valence-electron chi connectivity index (χ4n) is 3.03. The fourth-order valence-corrected chi connectivity index (χ4v) is 4.31. The number of hydrogen-bond donors (Lipinski definition) is 0. The van der Waals surface area contributed by atoms with Crippen LogP contribution < -0.4 is 0 Å². The summed E-state index contributed by atoms with van der Waals surface area (Å²) in [5.74, 6) is 0.105. The first-order chi connectivity index (χ1) is 13.0. The van der Waals surface area contributed by atoms with E-state index >= 15 is 0 Å². The van der Waals surface area contributed by atoms with E-state index in [2.05, 4.69) is 0 Å². The van der Waals surface area contributed by atoms with E-state index in [-0.39, 0.29) is 29.6 Å². The van der Waals surface area contributed by atoms with Crippen molar-refractivity contribution in [1.29, 1.82) is 0 Å². The van der Waals surface area contributed by atoms with Gasteiger partial charge in [0.1, 0.15) is 17.2 Å². The average Bonchev–Trinajstić information content (AvgIpc) is 3.16. The van der Waals surface area contributed by atoms with Gasteiger partial charge in [0.2, 0.25) is 5.91 Å². The predicted octanol–water partition coefficient (Wildman–Crippen LogP) is 2.30. The van der Waals surface area contributed by atoms with Crippen LogP contribution in [0.4, 0.5) is 4.39 Å². The second-order valence-electron chi connectivity index (χ2n) is 6.38. The predicted molar refractivity (Wildman–Crippen MR) is 103 cm³/mol. The highest BCUT2D eigenvalue weighted by atomic mass is 32.2. The molecule has 1 amide bonds. The number of halogens is 1. The lowest BCUT2D eigenvalue weighted by Crippen LogP contribution is -2.47. The monoisotopic (exact) mass is 398 g/mol. The Morgan fingerprint density at radius 2 is 2.04 bits per heavy atom. The smallest absolute Gasteiger partial charge is 0.322 e. The molecule has 0 aliphatic carbocycles. The minimum absolute atomic E-state index is 0.0532. The van der Waals surface area contributed by atoms with E-state index in [1.165, 1.54) is 19.2 Å². The van der Waals surface area contributed by atoms with Gasteiger partial charge in [0.15, 0.2) is 0 Å². The molecule has 0 radical (unpaired) electrons. The summed E-state index contributed by atoms with van der Waals surface area (Å²) in [4.78, 5) is 28.5. The highest BCUT2D eigenvalue weighted by Gasteiger charge is 2.33.